The van der Waals surface area contributed by atoms with Crippen LogP contribution in [0.25, 0.3) is 77.6 Å². The van der Waals surface area contributed by atoms with E-state index < -0.39 is 0 Å². The van der Waals surface area contributed by atoms with E-state index in [0.29, 0.717) is 22.6 Å². The van der Waals surface area contributed by atoms with Gasteiger partial charge in [0.25, 0.3) is 0 Å². The number of rotatable bonds is 3. The molecular formula is C38H27N2O3Pt-. The quantitative estimate of drug-likeness (QED) is 0.182. The maximum Gasteiger partial charge on any atom is 0.230 e. The monoisotopic (exact) mass is 754 g/mol. The van der Waals surface area contributed by atoms with Gasteiger partial charge in [0.1, 0.15) is 22.5 Å². The van der Waals surface area contributed by atoms with Gasteiger partial charge in [0.05, 0.1) is 11.1 Å². The summed E-state index contributed by atoms with van der Waals surface area (Å²) in [5.74, 6) is 0.501. The number of hydrogen-bond donors (Lipinski definition) is 1. The summed E-state index contributed by atoms with van der Waals surface area (Å²) in [5, 5.41) is 13.5. The molecule has 0 amide bonds. The Morgan fingerprint density at radius 2 is 1.36 bits per heavy atom. The van der Waals surface area contributed by atoms with E-state index in [4.69, 9.17) is 18.8 Å². The molecular weight excluding hydrogens is 728 g/mol. The molecule has 0 spiro atoms. The average molecular weight is 755 g/mol. The van der Waals surface area contributed by atoms with Gasteiger partial charge in [-0.25, -0.2) is 4.98 Å². The number of hydrogen-bond acceptors (Lipinski definition) is 5. The van der Waals surface area contributed by atoms with Crippen molar-refractivity contribution in [3.8, 4) is 39.5 Å². The fourth-order valence-electron chi connectivity index (χ4n) is 5.86. The van der Waals surface area contributed by atoms with Crippen LogP contribution in [0.2, 0.25) is 0 Å². The SMILES string of the molecule is CC(C)(C)c1cc(-c2cccc3oc(-c4ccccc4O)nc23)[c-]c(-c2cc3c4ccccc4oc3c3cccnc23)c1.[Pt]. The summed E-state index contributed by atoms with van der Waals surface area (Å²) in [5.41, 5.74) is 9.25. The topological polar surface area (TPSA) is 72.3 Å². The minimum Gasteiger partial charge on any atom is -0.507 e. The maximum atomic E-state index is 10.5. The van der Waals surface area contributed by atoms with Gasteiger partial charge in [0.15, 0.2) is 0 Å². The van der Waals surface area contributed by atoms with E-state index in [9.17, 15) is 5.11 Å². The number of para-hydroxylation sites is 3. The Labute approximate surface area is 268 Å². The Bertz CT molecular complexity index is 2360. The molecule has 3 heterocycles. The van der Waals surface area contributed by atoms with Crippen molar-refractivity contribution in [2.75, 3.05) is 0 Å². The number of pyridine rings is 1. The number of oxazole rings is 1. The first-order valence-electron chi connectivity index (χ1n) is 14.3. The van der Waals surface area contributed by atoms with Gasteiger partial charge in [0, 0.05) is 48.9 Å². The van der Waals surface area contributed by atoms with Gasteiger partial charge < -0.3 is 13.9 Å². The summed E-state index contributed by atoms with van der Waals surface area (Å²) in [6.45, 7) is 6.64. The minimum atomic E-state index is -0.132. The van der Waals surface area contributed by atoms with E-state index in [1.54, 1.807) is 18.2 Å². The van der Waals surface area contributed by atoms with E-state index >= 15 is 0 Å². The van der Waals surface area contributed by atoms with Crippen LogP contribution in [0.3, 0.4) is 0 Å². The molecule has 5 nitrogen and oxygen atoms in total. The zero-order valence-electron chi connectivity index (χ0n) is 24.3. The summed E-state index contributed by atoms with van der Waals surface area (Å²) in [6.07, 6.45) is 1.82. The Kier molecular flexibility index (Phi) is 6.67. The van der Waals surface area contributed by atoms with Crippen molar-refractivity contribution < 1.29 is 35.0 Å². The van der Waals surface area contributed by atoms with Crippen molar-refractivity contribution in [2.45, 2.75) is 26.2 Å². The van der Waals surface area contributed by atoms with Crippen LogP contribution in [0.1, 0.15) is 26.3 Å². The van der Waals surface area contributed by atoms with Gasteiger partial charge in [0.2, 0.25) is 5.89 Å². The Morgan fingerprint density at radius 3 is 2.18 bits per heavy atom. The minimum absolute atomic E-state index is 0. The molecule has 0 fully saturated rings. The Hall–Kier alpha value is -4.73. The van der Waals surface area contributed by atoms with Gasteiger partial charge in [-0.3, -0.25) is 4.98 Å². The third-order valence-electron chi connectivity index (χ3n) is 8.10. The summed E-state index contributed by atoms with van der Waals surface area (Å²) >= 11 is 0. The Morgan fingerprint density at radius 1 is 0.659 bits per heavy atom. The second kappa shape index (κ2) is 10.5. The van der Waals surface area contributed by atoms with Crippen LogP contribution in [0.5, 0.6) is 5.75 Å². The molecule has 8 aromatic rings. The van der Waals surface area contributed by atoms with Gasteiger partial charge in [-0.1, -0.05) is 80.4 Å². The average Bonchev–Trinajstić information content (AvgIpc) is 3.62. The number of furan rings is 1. The van der Waals surface area contributed by atoms with Crippen molar-refractivity contribution in [1.29, 1.82) is 0 Å². The molecule has 0 aliphatic rings. The smallest absolute Gasteiger partial charge is 0.230 e. The fourth-order valence-corrected chi connectivity index (χ4v) is 5.86. The van der Waals surface area contributed by atoms with E-state index in [1.165, 1.54) is 5.56 Å². The number of aromatic hydroxyl groups is 1. The molecule has 8 rings (SSSR count). The van der Waals surface area contributed by atoms with Crippen molar-refractivity contribution in [2.24, 2.45) is 0 Å². The van der Waals surface area contributed by atoms with Crippen LogP contribution < -0.4 is 0 Å². The molecule has 218 valence electrons. The standard InChI is InChI=1S/C38H27N2O3.Pt/c1-38(2,3)24-19-22(25-12-8-16-33-35(25)40-37(43-33)27-11-4-6-14-31(27)41)18-23(20-24)29-21-30-26-10-5-7-15-32(26)42-36(30)28-13-9-17-39-34(28)29;/h4-17,19-21,41H,1-3H3;/q-1;. The van der Waals surface area contributed by atoms with E-state index in [1.807, 2.05) is 54.7 Å². The zero-order chi connectivity index (χ0) is 29.3. The third kappa shape index (κ3) is 4.51. The van der Waals surface area contributed by atoms with Crippen LogP contribution in [-0.2, 0) is 26.5 Å². The zero-order valence-corrected chi connectivity index (χ0v) is 26.6. The molecule has 0 aliphatic heterocycles. The fraction of sp³-hybridized carbons (Fsp3) is 0.105. The molecule has 0 unspecified atom stereocenters. The first kappa shape index (κ1) is 28.1. The van der Waals surface area contributed by atoms with Gasteiger partial charge >= 0.3 is 0 Å². The van der Waals surface area contributed by atoms with Crippen molar-refractivity contribution >= 4 is 43.9 Å². The number of nitrogens with zero attached hydrogens (tertiary/aromatic N) is 2. The molecule has 0 aliphatic carbocycles. The molecule has 3 aromatic heterocycles. The predicted molar refractivity (Wildman–Crippen MR) is 172 cm³/mol. The van der Waals surface area contributed by atoms with E-state index in [-0.39, 0.29) is 32.2 Å². The summed E-state index contributed by atoms with van der Waals surface area (Å²) in [7, 11) is 0. The molecule has 0 bridgehead atoms. The number of phenols is 1. The van der Waals surface area contributed by atoms with Crippen molar-refractivity contribution in [3.63, 3.8) is 0 Å². The number of benzene rings is 5. The summed E-state index contributed by atoms with van der Waals surface area (Å²) < 4.78 is 12.5. The van der Waals surface area contributed by atoms with Gasteiger partial charge in [-0.05, 0) is 41.8 Å². The number of aromatic nitrogens is 2. The van der Waals surface area contributed by atoms with Crippen LogP contribution in [-0.4, -0.2) is 15.1 Å². The molecule has 0 radical (unpaired) electrons. The van der Waals surface area contributed by atoms with Gasteiger partial charge in [-0.2, -0.15) is 0 Å². The summed E-state index contributed by atoms with van der Waals surface area (Å²) in [4.78, 5) is 9.70. The predicted octanol–water partition coefficient (Wildman–Crippen LogP) is 10.1. The van der Waals surface area contributed by atoms with E-state index in [2.05, 4.69) is 57.2 Å². The largest absolute Gasteiger partial charge is 0.507 e. The van der Waals surface area contributed by atoms with Crippen LogP contribution in [0, 0.1) is 6.07 Å². The molecule has 0 saturated heterocycles. The first-order chi connectivity index (χ1) is 20.8. The second-order valence-corrected chi connectivity index (χ2v) is 11.9. The maximum absolute atomic E-state index is 10.5. The van der Waals surface area contributed by atoms with E-state index in [0.717, 1.165) is 55.1 Å². The van der Waals surface area contributed by atoms with Crippen LogP contribution >= 0.6 is 0 Å². The third-order valence-corrected chi connectivity index (χ3v) is 8.10. The molecule has 5 aromatic carbocycles. The second-order valence-electron chi connectivity index (χ2n) is 11.9. The Balaban J connectivity index is 0.00000312. The molecule has 6 heteroatoms. The first-order valence-corrected chi connectivity index (χ1v) is 14.3. The van der Waals surface area contributed by atoms with Crippen LogP contribution in [0.4, 0.5) is 0 Å². The van der Waals surface area contributed by atoms with Crippen molar-refractivity contribution in [3.05, 3.63) is 115 Å². The molecule has 0 saturated carbocycles. The van der Waals surface area contributed by atoms with Crippen LogP contribution in [0.15, 0.2) is 112 Å². The number of phenolic OH excluding ortho intramolecular Hbond substituents is 1. The molecule has 1 N–H and O–H groups in total. The molecule has 44 heavy (non-hydrogen) atoms. The van der Waals surface area contributed by atoms with Gasteiger partial charge in [-0.15, -0.1) is 34.9 Å². The van der Waals surface area contributed by atoms with Crippen molar-refractivity contribution in [1.82, 2.24) is 9.97 Å². The number of fused-ring (bicyclic) bond motifs is 6. The molecule has 0 atom stereocenters. The summed E-state index contributed by atoms with van der Waals surface area (Å²) in [6, 6.07) is 35.5. The normalized spacial score (nSPS) is 11.9.